The van der Waals surface area contributed by atoms with Gasteiger partial charge in [0, 0.05) is 30.4 Å². The Labute approximate surface area is 246 Å². The molecule has 2 atom stereocenters. The topological polar surface area (TPSA) is 116 Å². The third-order valence-electron chi connectivity index (χ3n) is 8.48. The third kappa shape index (κ3) is 4.48. The SMILES string of the molecule is Cn1ncc(S(=O)(=O)N(C2CC2)[C@H]2CCC3=Cc4c(cnn4-c4ccc(F)cc4)C[C@]3(C(=O)c3cc(Cl)ccn3)C2)n1. The minimum atomic E-state index is -3.95. The first kappa shape index (κ1) is 27.1. The molecule has 13 heteroatoms. The number of allylic oxidation sites excluding steroid dienone is 1. The van der Waals surface area contributed by atoms with Crippen molar-refractivity contribution in [3.8, 4) is 5.69 Å². The van der Waals surface area contributed by atoms with Gasteiger partial charge in [-0.05, 0) is 86.6 Å². The zero-order chi connectivity index (χ0) is 29.2. The van der Waals surface area contributed by atoms with Crippen LogP contribution in [0.1, 0.15) is 53.8 Å². The number of Topliss-reactive ketones (excluding diaryl/α,β-unsaturated/α-hetero) is 1. The van der Waals surface area contributed by atoms with Gasteiger partial charge in [-0.2, -0.15) is 19.3 Å². The number of benzene rings is 1. The Bertz CT molecular complexity index is 1850. The van der Waals surface area contributed by atoms with Crippen LogP contribution in [0.25, 0.3) is 11.8 Å². The van der Waals surface area contributed by atoms with E-state index in [4.69, 9.17) is 11.6 Å². The highest BCUT2D eigenvalue weighted by Crippen LogP contribution is 2.52. The molecule has 10 nitrogen and oxygen atoms in total. The fraction of sp³-hybridized carbons (Fsp3) is 0.345. The van der Waals surface area contributed by atoms with Gasteiger partial charge < -0.3 is 0 Å². The molecule has 3 aromatic heterocycles. The average Bonchev–Trinajstić information content (AvgIpc) is 3.55. The molecule has 216 valence electrons. The lowest BCUT2D eigenvalue weighted by Crippen LogP contribution is -2.51. The largest absolute Gasteiger partial charge is 0.291 e. The van der Waals surface area contributed by atoms with Crippen molar-refractivity contribution in [2.45, 2.75) is 55.6 Å². The number of sulfonamides is 1. The summed E-state index contributed by atoms with van der Waals surface area (Å²) in [5.41, 5.74) is 2.45. The Hall–Kier alpha value is -3.74. The Kier molecular flexibility index (Phi) is 6.41. The minimum Gasteiger partial charge on any atom is -0.291 e. The fourth-order valence-electron chi connectivity index (χ4n) is 6.44. The van der Waals surface area contributed by atoms with E-state index in [1.165, 1.54) is 29.3 Å². The molecule has 0 unspecified atom stereocenters. The molecule has 2 saturated carbocycles. The Morgan fingerprint density at radius 3 is 2.57 bits per heavy atom. The van der Waals surface area contributed by atoms with E-state index in [1.807, 2.05) is 6.08 Å². The number of aryl methyl sites for hydroxylation is 1. The average molecular weight is 608 g/mol. The first-order valence-electron chi connectivity index (χ1n) is 13.8. The summed E-state index contributed by atoms with van der Waals surface area (Å²) in [4.78, 5) is 20.1. The van der Waals surface area contributed by atoms with Gasteiger partial charge in [-0.25, -0.2) is 17.5 Å². The van der Waals surface area contributed by atoms with E-state index in [0.717, 1.165) is 29.7 Å². The minimum absolute atomic E-state index is 0.0957. The Morgan fingerprint density at radius 1 is 1.10 bits per heavy atom. The van der Waals surface area contributed by atoms with Crippen molar-refractivity contribution in [3.63, 3.8) is 0 Å². The quantitative estimate of drug-likeness (QED) is 0.286. The highest BCUT2D eigenvalue weighted by molar-refractivity contribution is 7.89. The van der Waals surface area contributed by atoms with Crippen molar-refractivity contribution in [1.82, 2.24) is 34.1 Å². The van der Waals surface area contributed by atoms with E-state index in [1.54, 1.807) is 46.5 Å². The van der Waals surface area contributed by atoms with Gasteiger partial charge in [0.25, 0.3) is 10.0 Å². The number of pyridine rings is 1. The highest BCUT2D eigenvalue weighted by atomic mass is 35.5. The van der Waals surface area contributed by atoms with Crippen LogP contribution in [0.4, 0.5) is 4.39 Å². The number of carbonyl (C=O) groups excluding carboxylic acids is 1. The second kappa shape index (κ2) is 9.92. The van der Waals surface area contributed by atoms with Crippen LogP contribution in [-0.4, -0.2) is 60.3 Å². The molecule has 0 bridgehead atoms. The van der Waals surface area contributed by atoms with E-state index in [-0.39, 0.29) is 34.8 Å². The monoisotopic (exact) mass is 607 g/mol. The van der Waals surface area contributed by atoms with E-state index < -0.39 is 21.5 Å². The number of aromatic nitrogens is 6. The number of ketones is 1. The molecule has 4 aromatic rings. The summed E-state index contributed by atoms with van der Waals surface area (Å²) in [5, 5.41) is 13.0. The van der Waals surface area contributed by atoms with E-state index in [0.29, 0.717) is 30.0 Å². The molecule has 0 radical (unpaired) electrons. The molecular formula is C29H27ClFN7O3S. The molecule has 0 amide bonds. The maximum absolute atomic E-state index is 14.5. The van der Waals surface area contributed by atoms with Gasteiger partial charge in [-0.3, -0.25) is 9.78 Å². The zero-order valence-electron chi connectivity index (χ0n) is 22.7. The summed E-state index contributed by atoms with van der Waals surface area (Å²) < 4.78 is 44.7. The Morgan fingerprint density at radius 2 is 1.88 bits per heavy atom. The van der Waals surface area contributed by atoms with Crippen LogP contribution in [0.15, 0.2) is 65.6 Å². The van der Waals surface area contributed by atoms with Crippen LogP contribution in [0.5, 0.6) is 0 Å². The number of rotatable bonds is 7. The molecule has 42 heavy (non-hydrogen) atoms. The fourth-order valence-corrected chi connectivity index (χ4v) is 8.39. The van der Waals surface area contributed by atoms with Crippen LogP contribution in [0, 0.1) is 11.2 Å². The number of hydrogen-bond acceptors (Lipinski definition) is 7. The molecule has 0 saturated heterocycles. The van der Waals surface area contributed by atoms with Crippen molar-refractivity contribution >= 4 is 33.5 Å². The van der Waals surface area contributed by atoms with Gasteiger partial charge in [-0.1, -0.05) is 17.2 Å². The molecule has 3 aliphatic rings. The smallest absolute Gasteiger partial charge is 0.264 e. The lowest BCUT2D eigenvalue weighted by atomic mass is 9.60. The number of carbonyl (C=O) groups is 1. The summed E-state index contributed by atoms with van der Waals surface area (Å²) in [6.45, 7) is 0. The molecule has 0 spiro atoms. The van der Waals surface area contributed by atoms with Crippen molar-refractivity contribution in [2.75, 3.05) is 0 Å². The second-order valence-corrected chi connectivity index (χ2v) is 13.4. The number of hydrogen-bond donors (Lipinski definition) is 0. The predicted octanol–water partition coefficient (Wildman–Crippen LogP) is 4.40. The maximum Gasteiger partial charge on any atom is 0.264 e. The lowest BCUT2D eigenvalue weighted by Gasteiger charge is -2.46. The standard InChI is InChI=1S/C29H27ClFN7O3S/c1-36-33-17-27(35-36)42(40,41)38(23-8-9-23)24-5-2-19-12-26-18(16-34-37(26)22-6-3-21(31)4-7-22)14-29(19,15-24)28(39)25-13-20(30)10-11-32-25/h3-4,6-7,10-13,16-17,23-24H,2,5,8-9,14-15H2,1H3/t24-,29-/m0/s1. The maximum atomic E-state index is 14.5. The molecule has 1 aromatic carbocycles. The van der Waals surface area contributed by atoms with E-state index >= 15 is 0 Å². The molecule has 3 aliphatic carbocycles. The summed E-state index contributed by atoms with van der Waals surface area (Å²) in [5.74, 6) is -0.541. The van der Waals surface area contributed by atoms with Crippen molar-refractivity contribution < 1.29 is 17.6 Å². The zero-order valence-corrected chi connectivity index (χ0v) is 24.3. The van der Waals surface area contributed by atoms with Gasteiger partial charge in [0.05, 0.1) is 29.2 Å². The predicted molar refractivity (Wildman–Crippen MR) is 152 cm³/mol. The van der Waals surface area contributed by atoms with Gasteiger partial charge in [0.1, 0.15) is 11.5 Å². The van der Waals surface area contributed by atoms with Crippen molar-refractivity contribution in [2.24, 2.45) is 12.5 Å². The summed E-state index contributed by atoms with van der Waals surface area (Å²) in [6.07, 6.45) is 9.65. The second-order valence-electron chi connectivity index (χ2n) is 11.2. The van der Waals surface area contributed by atoms with Crippen LogP contribution in [0.2, 0.25) is 5.02 Å². The summed E-state index contributed by atoms with van der Waals surface area (Å²) >= 11 is 6.27. The normalized spacial score (nSPS) is 22.0. The number of halogens is 2. The van der Waals surface area contributed by atoms with Gasteiger partial charge in [-0.15, -0.1) is 5.10 Å². The molecular weight excluding hydrogens is 581 g/mol. The van der Waals surface area contributed by atoms with Crippen LogP contribution < -0.4 is 0 Å². The Balaban J connectivity index is 1.32. The van der Waals surface area contributed by atoms with Crippen LogP contribution in [-0.2, 0) is 23.5 Å². The first-order valence-corrected chi connectivity index (χ1v) is 15.6. The number of fused-ring (bicyclic) bond motifs is 2. The third-order valence-corrected chi connectivity index (χ3v) is 10.6. The van der Waals surface area contributed by atoms with Gasteiger partial charge in [0.2, 0.25) is 5.03 Å². The molecule has 0 N–H and O–H groups in total. The first-order chi connectivity index (χ1) is 20.2. The highest BCUT2D eigenvalue weighted by Gasteiger charge is 2.54. The van der Waals surface area contributed by atoms with Gasteiger partial charge in [0.15, 0.2) is 5.78 Å². The van der Waals surface area contributed by atoms with Crippen LogP contribution in [0.3, 0.4) is 0 Å². The molecule has 3 heterocycles. The molecule has 2 fully saturated rings. The van der Waals surface area contributed by atoms with Gasteiger partial charge >= 0.3 is 0 Å². The van der Waals surface area contributed by atoms with E-state index in [2.05, 4.69) is 20.3 Å². The number of nitrogens with zero attached hydrogens (tertiary/aromatic N) is 7. The van der Waals surface area contributed by atoms with Crippen molar-refractivity contribution in [3.05, 3.63) is 88.4 Å². The molecule has 0 aliphatic heterocycles. The van der Waals surface area contributed by atoms with Crippen LogP contribution >= 0.6 is 11.6 Å². The summed E-state index contributed by atoms with van der Waals surface area (Å²) in [7, 11) is -2.37. The molecule has 7 rings (SSSR count). The lowest BCUT2D eigenvalue weighted by molar-refractivity contribution is 0.0733. The summed E-state index contributed by atoms with van der Waals surface area (Å²) in [6, 6.07) is 8.68. The van der Waals surface area contributed by atoms with Crippen molar-refractivity contribution in [1.29, 1.82) is 0 Å². The van der Waals surface area contributed by atoms with E-state index in [9.17, 15) is 17.6 Å².